The zero-order valence-electron chi connectivity index (χ0n) is 22.1. The van der Waals surface area contributed by atoms with E-state index in [9.17, 15) is 32.3 Å². The molecular formula is C28H28F3N5O4. The predicted octanol–water partition coefficient (Wildman–Crippen LogP) is 3.05. The quantitative estimate of drug-likeness (QED) is 0.404. The van der Waals surface area contributed by atoms with Crippen molar-refractivity contribution in [1.29, 1.82) is 0 Å². The van der Waals surface area contributed by atoms with Crippen molar-refractivity contribution >= 4 is 40.2 Å². The minimum absolute atomic E-state index is 0.0187. The topological polar surface area (TPSA) is 129 Å². The number of H-pyrrole nitrogens is 1. The highest BCUT2D eigenvalue weighted by Crippen LogP contribution is 2.46. The van der Waals surface area contributed by atoms with E-state index in [1.54, 1.807) is 24.3 Å². The van der Waals surface area contributed by atoms with Crippen LogP contribution >= 0.6 is 0 Å². The lowest BCUT2D eigenvalue weighted by Gasteiger charge is -2.33. The molecule has 210 valence electrons. The third-order valence-corrected chi connectivity index (χ3v) is 7.85. The van der Waals surface area contributed by atoms with Crippen molar-refractivity contribution in [1.82, 2.24) is 14.8 Å². The number of amides is 4. The Labute approximate surface area is 227 Å². The smallest absolute Gasteiger partial charge is 0.270 e. The van der Waals surface area contributed by atoms with Gasteiger partial charge in [0.15, 0.2) is 11.6 Å². The number of aromatic nitrogens is 1. The Morgan fingerprint density at radius 1 is 1.15 bits per heavy atom. The number of benzene rings is 2. The molecule has 2 aromatic carbocycles. The number of likely N-dealkylation sites (N-methyl/N-ethyl adjacent to an activating group) is 1. The number of rotatable bonds is 6. The highest BCUT2D eigenvalue weighted by molar-refractivity contribution is 6.08. The molecule has 40 heavy (non-hydrogen) atoms. The van der Waals surface area contributed by atoms with Gasteiger partial charge in [0.1, 0.15) is 23.6 Å². The van der Waals surface area contributed by atoms with Gasteiger partial charge in [-0.3, -0.25) is 19.2 Å². The molecule has 9 nitrogen and oxygen atoms in total. The van der Waals surface area contributed by atoms with Gasteiger partial charge in [0.2, 0.25) is 17.7 Å². The van der Waals surface area contributed by atoms with Crippen LogP contribution in [0.2, 0.25) is 0 Å². The molecule has 1 unspecified atom stereocenters. The molecule has 2 aliphatic rings. The van der Waals surface area contributed by atoms with Gasteiger partial charge in [-0.2, -0.15) is 0 Å². The van der Waals surface area contributed by atoms with Crippen LogP contribution < -0.4 is 11.1 Å². The average molecular weight is 556 g/mol. The number of hydrogen-bond donors (Lipinski definition) is 3. The van der Waals surface area contributed by atoms with E-state index < -0.39 is 58.2 Å². The highest BCUT2D eigenvalue weighted by Gasteiger charge is 2.57. The van der Waals surface area contributed by atoms with Gasteiger partial charge in [-0.25, -0.2) is 13.2 Å². The summed E-state index contributed by atoms with van der Waals surface area (Å²) in [5, 5.41) is 2.50. The number of nitrogens with two attached hydrogens (primary N) is 1. The molecule has 3 aromatic rings. The molecule has 0 saturated carbocycles. The maximum Gasteiger partial charge on any atom is 0.270 e. The summed E-state index contributed by atoms with van der Waals surface area (Å²) >= 11 is 0. The first-order chi connectivity index (χ1) is 18.9. The summed E-state index contributed by atoms with van der Waals surface area (Å²) in [4.78, 5) is 58.1. The van der Waals surface area contributed by atoms with Gasteiger partial charge >= 0.3 is 0 Å². The third kappa shape index (κ3) is 4.18. The largest absolute Gasteiger partial charge is 0.368 e. The van der Waals surface area contributed by atoms with Crippen LogP contribution in [0.4, 0.5) is 18.9 Å². The Morgan fingerprint density at radius 3 is 2.52 bits per heavy atom. The second-order valence-corrected chi connectivity index (χ2v) is 10.9. The molecule has 0 bridgehead atoms. The summed E-state index contributed by atoms with van der Waals surface area (Å²) in [5.74, 6) is -6.40. The molecule has 2 aliphatic heterocycles. The molecule has 12 heteroatoms. The Balaban J connectivity index is 1.50. The summed E-state index contributed by atoms with van der Waals surface area (Å²) in [7, 11) is 1.36. The number of aromatic amines is 1. The second kappa shape index (κ2) is 9.68. The lowest BCUT2D eigenvalue weighted by atomic mass is 9.79. The van der Waals surface area contributed by atoms with Gasteiger partial charge in [0.05, 0.1) is 10.9 Å². The molecule has 4 amide bonds. The highest BCUT2D eigenvalue weighted by atomic mass is 19.2. The van der Waals surface area contributed by atoms with Gasteiger partial charge in [-0.05, 0) is 36.5 Å². The molecule has 5 rings (SSSR count). The van der Waals surface area contributed by atoms with Crippen molar-refractivity contribution in [2.24, 2.45) is 11.7 Å². The van der Waals surface area contributed by atoms with Crippen molar-refractivity contribution in [3.63, 3.8) is 0 Å². The molecule has 0 aliphatic carbocycles. The summed E-state index contributed by atoms with van der Waals surface area (Å²) in [5.41, 5.74) is 4.99. The Hall–Kier alpha value is -4.35. The molecule has 1 saturated heterocycles. The van der Waals surface area contributed by atoms with E-state index in [0.29, 0.717) is 17.3 Å². The molecular weight excluding hydrogens is 527 g/mol. The third-order valence-electron chi connectivity index (χ3n) is 7.85. The predicted molar refractivity (Wildman–Crippen MR) is 140 cm³/mol. The summed E-state index contributed by atoms with van der Waals surface area (Å²) in [6.07, 6.45) is 0.158. The maximum atomic E-state index is 14.3. The van der Waals surface area contributed by atoms with Crippen molar-refractivity contribution in [3.8, 4) is 0 Å². The standard InChI is InChI=1S/C28H28F3N5O4/c1-13(2)8-20(35(3)25(38)19-9-14-16(29)10-17(30)22(31)23(14)33-19)26(39)36-12-28(11-21(36)24(32)37)15-6-4-5-7-18(15)34-27(28)40/h4-7,9-10,13,20-21,33H,8,11-12H2,1-3H3,(H2,32,37)(H,34,40)/t20?,21-,28-/m0/s1. The van der Waals surface area contributed by atoms with E-state index in [1.807, 2.05) is 13.8 Å². The molecule has 1 spiro atoms. The molecule has 1 aromatic heterocycles. The van der Waals surface area contributed by atoms with Gasteiger partial charge < -0.3 is 25.8 Å². The SMILES string of the molecule is CC(C)CC(C(=O)N1C[C@]2(C[C@H]1C(N)=O)C(=O)Nc1ccccc12)N(C)C(=O)c1cc2c(F)cc(F)c(F)c2[nH]1. The van der Waals surface area contributed by atoms with E-state index in [-0.39, 0.29) is 42.3 Å². The Kier molecular flexibility index (Phi) is 6.59. The number of anilines is 1. The lowest BCUT2D eigenvalue weighted by Crippen LogP contribution is -2.54. The number of fused-ring (bicyclic) bond motifs is 3. The number of halogens is 3. The van der Waals surface area contributed by atoms with Crippen LogP contribution in [0.15, 0.2) is 36.4 Å². The second-order valence-electron chi connectivity index (χ2n) is 10.9. The first kappa shape index (κ1) is 27.2. The lowest BCUT2D eigenvalue weighted by molar-refractivity contribution is -0.141. The first-order valence-corrected chi connectivity index (χ1v) is 12.8. The van der Waals surface area contributed by atoms with Crippen molar-refractivity contribution in [2.75, 3.05) is 18.9 Å². The van der Waals surface area contributed by atoms with Gasteiger partial charge in [-0.1, -0.05) is 32.0 Å². The van der Waals surface area contributed by atoms with Crippen LogP contribution in [0.25, 0.3) is 10.9 Å². The van der Waals surface area contributed by atoms with Gasteiger partial charge in [-0.15, -0.1) is 0 Å². The Bertz CT molecular complexity index is 1570. The number of likely N-dealkylation sites (tertiary alicyclic amines) is 1. The Morgan fingerprint density at radius 2 is 1.85 bits per heavy atom. The zero-order valence-corrected chi connectivity index (χ0v) is 22.1. The number of nitrogens with zero attached hydrogens (tertiary/aromatic N) is 2. The number of carbonyl (C=O) groups is 4. The fourth-order valence-electron chi connectivity index (χ4n) is 5.82. The monoisotopic (exact) mass is 555 g/mol. The number of para-hydroxylation sites is 1. The summed E-state index contributed by atoms with van der Waals surface area (Å²) in [6, 6.07) is 6.24. The van der Waals surface area contributed by atoms with E-state index >= 15 is 0 Å². The van der Waals surface area contributed by atoms with Crippen molar-refractivity contribution in [2.45, 2.75) is 44.2 Å². The van der Waals surface area contributed by atoms with Crippen LogP contribution in [0.1, 0.15) is 42.7 Å². The number of carbonyl (C=O) groups excluding carboxylic acids is 4. The molecule has 3 heterocycles. The summed E-state index contributed by atoms with van der Waals surface area (Å²) < 4.78 is 42.3. The van der Waals surface area contributed by atoms with Crippen LogP contribution in [-0.4, -0.2) is 64.1 Å². The van der Waals surface area contributed by atoms with E-state index in [2.05, 4.69) is 10.3 Å². The maximum absolute atomic E-state index is 14.3. The normalized spacial score (nSPS) is 20.7. The number of hydrogen-bond acceptors (Lipinski definition) is 4. The number of nitrogens with one attached hydrogen (secondary N) is 2. The fourth-order valence-corrected chi connectivity index (χ4v) is 5.82. The van der Waals surface area contributed by atoms with E-state index in [0.717, 1.165) is 11.0 Å². The van der Waals surface area contributed by atoms with E-state index in [4.69, 9.17) is 5.73 Å². The zero-order chi connectivity index (χ0) is 29.1. The molecule has 3 atom stereocenters. The first-order valence-electron chi connectivity index (χ1n) is 12.8. The van der Waals surface area contributed by atoms with Crippen LogP contribution in [-0.2, 0) is 19.8 Å². The van der Waals surface area contributed by atoms with Crippen LogP contribution in [0.3, 0.4) is 0 Å². The van der Waals surface area contributed by atoms with Crippen molar-refractivity contribution < 1.29 is 32.3 Å². The average Bonchev–Trinajstić information content (AvgIpc) is 3.60. The molecule has 1 fully saturated rings. The fraction of sp³-hybridized carbons (Fsp3) is 0.357. The summed E-state index contributed by atoms with van der Waals surface area (Å²) in [6.45, 7) is 3.56. The van der Waals surface area contributed by atoms with Crippen molar-refractivity contribution in [3.05, 3.63) is 65.1 Å². The van der Waals surface area contributed by atoms with E-state index in [1.165, 1.54) is 11.9 Å². The van der Waals surface area contributed by atoms with Gasteiger partial charge in [0, 0.05) is 30.7 Å². The molecule has 0 radical (unpaired) electrons. The number of primary amides is 1. The minimum atomic E-state index is -1.41. The van der Waals surface area contributed by atoms with Crippen LogP contribution in [0.5, 0.6) is 0 Å². The van der Waals surface area contributed by atoms with Gasteiger partial charge in [0.25, 0.3) is 5.91 Å². The molecule has 4 N–H and O–H groups in total. The van der Waals surface area contributed by atoms with Crippen LogP contribution in [0, 0.1) is 23.4 Å². The minimum Gasteiger partial charge on any atom is -0.368 e.